The number of hydrogen-bond donors (Lipinski definition) is 1. The molecule has 1 saturated heterocycles. The van der Waals surface area contributed by atoms with Gasteiger partial charge in [0.05, 0.1) is 6.04 Å². The van der Waals surface area contributed by atoms with Gasteiger partial charge in [-0.1, -0.05) is 5.16 Å². The number of H-pyrrole nitrogens is 1. The summed E-state index contributed by atoms with van der Waals surface area (Å²) in [5, 5.41) is 11.7. The van der Waals surface area contributed by atoms with E-state index in [1.54, 1.807) is 0 Å². The van der Waals surface area contributed by atoms with E-state index in [0.717, 1.165) is 43.7 Å². The van der Waals surface area contributed by atoms with Crippen LogP contribution < -0.4 is 4.90 Å². The fourth-order valence-corrected chi connectivity index (χ4v) is 3.08. The third-order valence-corrected chi connectivity index (χ3v) is 4.70. The zero-order valence-corrected chi connectivity index (χ0v) is 13.1. The predicted molar refractivity (Wildman–Crippen MR) is 81.8 cm³/mol. The molecule has 2 aromatic rings. The topological polar surface area (TPSA) is 74.1 Å². The first-order valence-electron chi connectivity index (χ1n) is 8.05. The summed E-state index contributed by atoms with van der Waals surface area (Å²) in [6.07, 6.45) is 2.61. The molecule has 2 aromatic heterocycles. The number of aryl methyl sites for hydroxylation is 1. The maximum atomic E-state index is 5.09. The summed E-state index contributed by atoms with van der Waals surface area (Å²) in [5.41, 5.74) is 1.30. The van der Waals surface area contributed by atoms with Crippen LogP contribution in [0.1, 0.15) is 49.1 Å². The Morgan fingerprint density at radius 2 is 2.05 bits per heavy atom. The molecule has 2 fully saturated rings. The zero-order chi connectivity index (χ0) is 15.1. The quantitative estimate of drug-likeness (QED) is 0.929. The van der Waals surface area contributed by atoms with Gasteiger partial charge in [-0.15, -0.1) is 0 Å². The minimum absolute atomic E-state index is 0.195. The molecule has 1 atom stereocenters. The van der Waals surface area contributed by atoms with Gasteiger partial charge in [-0.3, -0.25) is 10.00 Å². The van der Waals surface area contributed by atoms with Gasteiger partial charge in [0.2, 0.25) is 5.89 Å². The van der Waals surface area contributed by atoms with Crippen LogP contribution in [-0.2, 0) is 0 Å². The second-order valence-corrected chi connectivity index (χ2v) is 6.33. The van der Waals surface area contributed by atoms with Crippen molar-refractivity contribution in [1.29, 1.82) is 0 Å². The molecule has 3 heterocycles. The molecule has 1 unspecified atom stereocenters. The highest BCUT2D eigenvalue weighted by Crippen LogP contribution is 2.39. The molecule has 22 heavy (non-hydrogen) atoms. The summed E-state index contributed by atoms with van der Waals surface area (Å²) >= 11 is 0. The molecule has 0 radical (unpaired) electrons. The molecular weight excluding hydrogens is 280 g/mol. The molecule has 7 nitrogen and oxygen atoms in total. The van der Waals surface area contributed by atoms with E-state index >= 15 is 0 Å². The van der Waals surface area contributed by atoms with Gasteiger partial charge < -0.3 is 9.42 Å². The minimum atomic E-state index is 0.195. The first-order valence-corrected chi connectivity index (χ1v) is 8.05. The minimum Gasteiger partial charge on any atom is -0.353 e. The fourth-order valence-electron chi connectivity index (χ4n) is 3.08. The lowest BCUT2D eigenvalue weighted by molar-refractivity contribution is 0.188. The highest BCUT2D eigenvalue weighted by atomic mass is 16.5. The van der Waals surface area contributed by atoms with Crippen molar-refractivity contribution >= 4 is 5.82 Å². The highest BCUT2D eigenvalue weighted by Gasteiger charge is 2.28. The van der Waals surface area contributed by atoms with Crippen molar-refractivity contribution in [3.63, 3.8) is 0 Å². The van der Waals surface area contributed by atoms with E-state index in [9.17, 15) is 0 Å². The number of piperazine rings is 1. The Morgan fingerprint density at radius 3 is 2.68 bits per heavy atom. The summed E-state index contributed by atoms with van der Waals surface area (Å²) in [4.78, 5) is 9.09. The molecule has 0 aromatic carbocycles. The SMILES string of the molecule is Cc1nc(C(C)N2CCN(c3cc(C4CC4)[nH]n3)CC2)no1. The van der Waals surface area contributed by atoms with Gasteiger partial charge in [0.25, 0.3) is 0 Å². The Bertz CT molecular complexity index is 638. The van der Waals surface area contributed by atoms with E-state index < -0.39 is 0 Å². The lowest BCUT2D eigenvalue weighted by Gasteiger charge is -2.37. The predicted octanol–water partition coefficient (Wildman–Crippen LogP) is 1.86. The average molecular weight is 302 g/mol. The molecule has 1 N–H and O–H groups in total. The standard InChI is InChI=1S/C15H22N6O/c1-10(15-16-11(2)22-19-15)20-5-7-21(8-6-20)14-9-13(17-18-14)12-3-4-12/h9-10,12H,3-8H2,1-2H3,(H,17,18). The molecule has 4 rings (SSSR count). The van der Waals surface area contributed by atoms with E-state index in [1.807, 2.05) is 6.92 Å². The molecule has 118 valence electrons. The summed E-state index contributed by atoms with van der Waals surface area (Å²) < 4.78 is 5.09. The third-order valence-electron chi connectivity index (χ3n) is 4.70. The van der Waals surface area contributed by atoms with Crippen LogP contribution in [0.2, 0.25) is 0 Å². The second-order valence-electron chi connectivity index (χ2n) is 6.33. The molecule has 1 aliphatic carbocycles. The molecule has 7 heteroatoms. The number of nitrogens with one attached hydrogen (secondary N) is 1. The Kier molecular flexibility index (Phi) is 3.37. The average Bonchev–Trinajstić information content (AvgIpc) is 3.11. The fraction of sp³-hybridized carbons (Fsp3) is 0.667. The van der Waals surface area contributed by atoms with Crippen molar-refractivity contribution in [1.82, 2.24) is 25.2 Å². The summed E-state index contributed by atoms with van der Waals surface area (Å²) in [6.45, 7) is 7.91. The highest BCUT2D eigenvalue weighted by molar-refractivity contribution is 5.41. The van der Waals surface area contributed by atoms with Crippen LogP contribution in [-0.4, -0.2) is 51.4 Å². The maximum Gasteiger partial charge on any atom is 0.223 e. The maximum absolute atomic E-state index is 5.09. The van der Waals surface area contributed by atoms with Gasteiger partial charge >= 0.3 is 0 Å². The lowest BCUT2D eigenvalue weighted by Crippen LogP contribution is -2.47. The molecule has 0 spiro atoms. The molecular formula is C15H22N6O. The molecule has 0 bridgehead atoms. The van der Waals surface area contributed by atoms with Gasteiger partial charge in [-0.05, 0) is 19.8 Å². The van der Waals surface area contributed by atoms with E-state index in [0.29, 0.717) is 5.89 Å². The van der Waals surface area contributed by atoms with Gasteiger partial charge in [0, 0.05) is 50.8 Å². The van der Waals surface area contributed by atoms with Gasteiger partial charge in [0.15, 0.2) is 11.6 Å². The van der Waals surface area contributed by atoms with Crippen LogP contribution in [0.25, 0.3) is 0 Å². The normalized spacial score (nSPS) is 21.3. The van der Waals surface area contributed by atoms with Crippen molar-refractivity contribution in [2.75, 3.05) is 31.1 Å². The largest absolute Gasteiger partial charge is 0.353 e. The number of rotatable bonds is 4. The van der Waals surface area contributed by atoms with Crippen molar-refractivity contribution < 1.29 is 4.52 Å². The first kappa shape index (κ1) is 13.8. The number of aromatic nitrogens is 4. The monoisotopic (exact) mass is 302 g/mol. The van der Waals surface area contributed by atoms with Crippen LogP contribution in [0.3, 0.4) is 0 Å². The van der Waals surface area contributed by atoms with E-state index in [-0.39, 0.29) is 6.04 Å². The number of anilines is 1. The molecule has 0 amide bonds. The summed E-state index contributed by atoms with van der Waals surface area (Å²) in [5.74, 6) is 3.22. The van der Waals surface area contributed by atoms with Crippen molar-refractivity contribution in [2.24, 2.45) is 0 Å². The van der Waals surface area contributed by atoms with Crippen LogP contribution >= 0.6 is 0 Å². The Balaban J connectivity index is 1.37. The first-order chi connectivity index (χ1) is 10.7. The van der Waals surface area contributed by atoms with Crippen molar-refractivity contribution in [3.05, 3.63) is 23.5 Å². The van der Waals surface area contributed by atoms with Crippen molar-refractivity contribution in [3.8, 4) is 0 Å². The van der Waals surface area contributed by atoms with E-state index in [2.05, 4.69) is 43.1 Å². The van der Waals surface area contributed by atoms with Crippen LogP contribution in [0, 0.1) is 6.92 Å². The van der Waals surface area contributed by atoms with Gasteiger partial charge in [-0.25, -0.2) is 0 Å². The van der Waals surface area contributed by atoms with Gasteiger partial charge in [-0.2, -0.15) is 10.1 Å². The van der Waals surface area contributed by atoms with Crippen molar-refractivity contribution in [2.45, 2.75) is 38.6 Å². The Hall–Kier alpha value is -1.89. The van der Waals surface area contributed by atoms with Crippen LogP contribution in [0.5, 0.6) is 0 Å². The number of hydrogen-bond acceptors (Lipinski definition) is 6. The third kappa shape index (κ3) is 2.61. The summed E-state index contributed by atoms with van der Waals surface area (Å²) in [7, 11) is 0. The van der Waals surface area contributed by atoms with E-state index in [1.165, 1.54) is 18.5 Å². The van der Waals surface area contributed by atoms with Crippen LogP contribution in [0.15, 0.2) is 10.6 Å². The Morgan fingerprint density at radius 1 is 1.27 bits per heavy atom. The number of nitrogens with zero attached hydrogens (tertiary/aromatic N) is 5. The Labute approximate surface area is 129 Å². The number of aromatic amines is 1. The van der Waals surface area contributed by atoms with Crippen LogP contribution in [0.4, 0.5) is 5.82 Å². The smallest absolute Gasteiger partial charge is 0.223 e. The second kappa shape index (κ2) is 5.39. The molecule has 2 aliphatic rings. The summed E-state index contributed by atoms with van der Waals surface area (Å²) in [6, 6.07) is 2.42. The molecule has 1 aliphatic heterocycles. The molecule has 1 saturated carbocycles. The zero-order valence-electron chi connectivity index (χ0n) is 13.1. The van der Waals surface area contributed by atoms with Gasteiger partial charge in [0.1, 0.15) is 0 Å². The van der Waals surface area contributed by atoms with E-state index in [4.69, 9.17) is 4.52 Å². The lowest BCUT2D eigenvalue weighted by atomic mass is 10.2.